The average Bonchev–Trinajstić information content (AvgIpc) is 2.93. The van der Waals surface area contributed by atoms with Crippen LogP contribution < -0.4 is 10.1 Å². The molecule has 2 aliphatic heterocycles. The van der Waals surface area contributed by atoms with Gasteiger partial charge in [0.2, 0.25) is 0 Å². The number of aliphatic hydroxyl groups excluding tert-OH is 1. The number of aliphatic hydroxyl groups is 1. The zero-order valence-electron chi connectivity index (χ0n) is 23.0. The van der Waals surface area contributed by atoms with Crippen LogP contribution in [0.25, 0.3) is 0 Å². The van der Waals surface area contributed by atoms with Crippen molar-refractivity contribution < 1.29 is 33.1 Å². The summed E-state index contributed by atoms with van der Waals surface area (Å²) < 4.78 is 27.7. The molecule has 1 saturated heterocycles. The molecule has 10 heteroatoms. The standard InChI is InChI=1S/C30H35FN3O5Si/c1-4-27(36)34-12-11-33(14-21(34)3)15-25(23-6-5-20(2)26(31)13-23)29(40)39-24-9-7-22(8-10-24)28(37)32-16-30(17-35)18-38-19-30/h4-10,13,25,29,35H,1,11-12,14-19H2,2-3H3/p+1/t25-,29-/m1/s1. The predicted octanol–water partition coefficient (Wildman–Crippen LogP) is 2.03. The van der Waals surface area contributed by atoms with E-state index in [0.29, 0.717) is 62.8 Å². The van der Waals surface area contributed by atoms with E-state index in [-0.39, 0.29) is 30.2 Å². The van der Waals surface area contributed by atoms with Gasteiger partial charge in [-0.3, -0.25) is 9.69 Å². The monoisotopic (exact) mass is 565 g/mol. The molecule has 2 atom stereocenters. The first-order valence-corrected chi connectivity index (χ1v) is 13.9. The van der Waals surface area contributed by atoms with Gasteiger partial charge in [-0.1, -0.05) is 18.7 Å². The summed E-state index contributed by atoms with van der Waals surface area (Å²) in [5, 5.41) is 12.4. The number of carbonyl (C=O) groups is 2. The minimum absolute atomic E-state index is 0.0429. The van der Waals surface area contributed by atoms with Crippen LogP contribution in [0.5, 0.6) is 5.75 Å². The maximum atomic E-state index is 14.6. The van der Waals surface area contributed by atoms with Crippen molar-refractivity contribution in [1.82, 2.24) is 10.2 Å². The lowest BCUT2D eigenvalue weighted by Gasteiger charge is -2.39. The molecule has 0 spiro atoms. The second-order valence-electron chi connectivity index (χ2n) is 10.7. The van der Waals surface area contributed by atoms with Gasteiger partial charge in [-0.2, -0.15) is 4.58 Å². The Labute approximate surface area is 237 Å². The number of carbonyl (C=O) groups excluding carboxylic acids is 2. The van der Waals surface area contributed by atoms with Crippen LogP contribution >= 0.6 is 0 Å². The first kappa shape index (κ1) is 29.8. The highest BCUT2D eigenvalue weighted by Crippen LogP contribution is 2.27. The summed E-state index contributed by atoms with van der Waals surface area (Å²) in [4.78, 5) is 27.0. The van der Waals surface area contributed by atoms with Gasteiger partial charge in [-0.25, -0.2) is 9.18 Å². The van der Waals surface area contributed by atoms with E-state index in [1.54, 1.807) is 47.9 Å². The van der Waals surface area contributed by atoms with Gasteiger partial charge in [-0.05, 0) is 48.4 Å². The number of benzene rings is 2. The third kappa shape index (κ3) is 6.93. The molecular formula is C30H36FN3O5Si+. The van der Waals surface area contributed by atoms with Gasteiger partial charge in [-0.15, -0.1) is 0 Å². The molecule has 0 aromatic heterocycles. The van der Waals surface area contributed by atoms with Gasteiger partial charge in [0.15, 0.2) is 12.3 Å². The number of nitrogens with zero attached hydrogens (tertiary/aromatic N) is 2. The molecule has 4 rings (SSSR count). The Hall–Kier alpha value is -3.18. The molecule has 8 nitrogen and oxygen atoms in total. The van der Waals surface area contributed by atoms with Crippen LogP contribution in [0.2, 0.25) is 0 Å². The third-order valence-corrected chi connectivity index (χ3v) is 8.11. The first-order chi connectivity index (χ1) is 19.1. The van der Waals surface area contributed by atoms with Crippen LogP contribution in [0.1, 0.15) is 34.3 Å². The van der Waals surface area contributed by atoms with Crippen LogP contribution in [0.3, 0.4) is 0 Å². The molecule has 0 unspecified atom stereocenters. The Morgan fingerprint density at radius 3 is 2.58 bits per heavy atom. The van der Waals surface area contributed by atoms with Crippen molar-refractivity contribution in [2.24, 2.45) is 5.41 Å². The summed E-state index contributed by atoms with van der Waals surface area (Å²) in [7, 11) is 3.76. The maximum Gasteiger partial charge on any atom is 0.411 e. The topological polar surface area (TPSA) is 91.1 Å². The van der Waals surface area contributed by atoms with Crippen LogP contribution in [-0.4, -0.2) is 101 Å². The number of amides is 2. The van der Waals surface area contributed by atoms with Crippen molar-refractivity contribution in [3.63, 3.8) is 0 Å². The van der Waals surface area contributed by atoms with E-state index in [1.807, 2.05) is 13.0 Å². The summed E-state index contributed by atoms with van der Waals surface area (Å²) in [6.07, 6.45) is 1.32. The highest BCUT2D eigenvalue weighted by Gasteiger charge is 2.38. The lowest BCUT2D eigenvalue weighted by atomic mass is 9.87. The van der Waals surface area contributed by atoms with E-state index >= 15 is 0 Å². The van der Waals surface area contributed by atoms with Gasteiger partial charge in [0.1, 0.15) is 11.6 Å². The second-order valence-corrected chi connectivity index (χ2v) is 11.2. The zero-order valence-corrected chi connectivity index (χ0v) is 24.0. The van der Waals surface area contributed by atoms with Gasteiger partial charge in [0.05, 0.1) is 54.3 Å². The maximum absolute atomic E-state index is 14.6. The van der Waals surface area contributed by atoms with Crippen molar-refractivity contribution in [3.05, 3.63) is 77.6 Å². The molecule has 2 N–H and O–H groups in total. The van der Waals surface area contributed by atoms with Gasteiger partial charge >= 0.3 is 5.91 Å². The highest BCUT2D eigenvalue weighted by atomic mass is 28.1. The summed E-state index contributed by atoms with van der Waals surface area (Å²) in [6.45, 7) is 10.8. The highest BCUT2D eigenvalue weighted by molar-refractivity contribution is 6.11. The SMILES string of the molecule is C=CC(=O)[N+]1=C(C)CN(C[C@H](c2ccc(C)c(F)c2)[C@@H]([Si])Oc2ccc(C(=O)NCC3(CO)COC3)cc2)CC1. The van der Waals surface area contributed by atoms with E-state index in [4.69, 9.17) is 9.47 Å². The Bertz CT molecular complexity index is 1270. The van der Waals surface area contributed by atoms with Crippen LogP contribution in [0.15, 0.2) is 55.1 Å². The van der Waals surface area contributed by atoms with Gasteiger partial charge < -0.3 is 19.9 Å². The molecule has 40 heavy (non-hydrogen) atoms. The zero-order chi connectivity index (χ0) is 28.9. The van der Waals surface area contributed by atoms with E-state index in [2.05, 4.69) is 27.0 Å². The fraction of sp³-hybridized carbons (Fsp3) is 0.433. The summed E-state index contributed by atoms with van der Waals surface area (Å²) in [5.41, 5.74) is 1.85. The molecule has 2 amide bonds. The van der Waals surface area contributed by atoms with Crippen molar-refractivity contribution in [2.75, 3.05) is 52.5 Å². The quantitative estimate of drug-likeness (QED) is 0.246. The number of ether oxygens (including phenoxy) is 2. The Morgan fingerprint density at radius 1 is 1.27 bits per heavy atom. The Kier molecular flexibility index (Phi) is 9.67. The molecule has 0 aliphatic carbocycles. The first-order valence-electron chi connectivity index (χ1n) is 13.3. The number of halogens is 1. The Balaban J connectivity index is 1.45. The normalized spacial score (nSPS) is 18.4. The predicted molar refractivity (Wildman–Crippen MR) is 151 cm³/mol. The molecule has 2 aromatic rings. The van der Waals surface area contributed by atoms with Crippen molar-refractivity contribution >= 4 is 27.8 Å². The lowest BCUT2D eigenvalue weighted by molar-refractivity contribution is -0.451. The summed E-state index contributed by atoms with van der Waals surface area (Å²) in [6, 6.07) is 12.0. The number of hydrogen-bond donors (Lipinski definition) is 2. The minimum Gasteiger partial charge on any atom is -0.494 e. The van der Waals surface area contributed by atoms with Crippen LogP contribution in [-0.2, 0) is 9.53 Å². The number of aryl methyl sites for hydroxylation is 1. The smallest absolute Gasteiger partial charge is 0.411 e. The molecule has 2 aliphatic rings. The van der Waals surface area contributed by atoms with E-state index in [9.17, 15) is 19.1 Å². The van der Waals surface area contributed by atoms with E-state index < -0.39 is 11.1 Å². The fourth-order valence-electron chi connectivity index (χ4n) is 4.90. The molecule has 2 aromatic carbocycles. The Morgan fingerprint density at radius 2 is 2.00 bits per heavy atom. The van der Waals surface area contributed by atoms with E-state index in [1.165, 1.54) is 6.08 Å². The van der Waals surface area contributed by atoms with Crippen molar-refractivity contribution in [2.45, 2.75) is 25.5 Å². The number of hydrogen-bond acceptors (Lipinski definition) is 6. The van der Waals surface area contributed by atoms with Crippen molar-refractivity contribution in [3.8, 4) is 5.75 Å². The molecule has 0 saturated carbocycles. The summed E-state index contributed by atoms with van der Waals surface area (Å²) in [5.74, 6) is -0.314. The molecule has 211 valence electrons. The molecular weight excluding hydrogens is 529 g/mol. The fourth-order valence-corrected chi connectivity index (χ4v) is 5.34. The number of nitrogens with one attached hydrogen (secondary N) is 1. The molecule has 1 fully saturated rings. The second kappa shape index (κ2) is 13.0. The van der Waals surface area contributed by atoms with Gasteiger partial charge in [0.25, 0.3) is 5.91 Å². The lowest BCUT2D eigenvalue weighted by Crippen LogP contribution is -2.53. The number of rotatable bonds is 11. The molecule has 0 bridgehead atoms. The largest absolute Gasteiger partial charge is 0.494 e. The van der Waals surface area contributed by atoms with Crippen molar-refractivity contribution in [1.29, 1.82) is 0 Å². The van der Waals surface area contributed by atoms with Crippen LogP contribution in [0, 0.1) is 18.2 Å². The molecule has 3 radical (unpaired) electrons. The van der Waals surface area contributed by atoms with Gasteiger partial charge in [0, 0.05) is 37.6 Å². The van der Waals surface area contributed by atoms with Crippen LogP contribution in [0.4, 0.5) is 4.39 Å². The minimum atomic E-state index is -0.502. The van der Waals surface area contributed by atoms with E-state index in [0.717, 1.165) is 11.3 Å². The third-order valence-electron chi connectivity index (χ3n) is 7.59. The summed E-state index contributed by atoms with van der Waals surface area (Å²) >= 11 is 0. The average molecular weight is 566 g/mol. The molecule has 2 heterocycles.